The predicted octanol–water partition coefficient (Wildman–Crippen LogP) is 3.25. The van der Waals surface area contributed by atoms with Gasteiger partial charge >= 0.3 is 0 Å². The second-order valence-electron chi connectivity index (χ2n) is 6.59. The molecule has 1 saturated heterocycles. The van der Waals surface area contributed by atoms with Gasteiger partial charge in [-0.1, -0.05) is 30.3 Å². The third-order valence-corrected chi connectivity index (χ3v) is 4.75. The molecule has 0 saturated carbocycles. The number of rotatable bonds is 6. The molecule has 1 amide bonds. The number of nitrogens with zero attached hydrogens (tertiary/aromatic N) is 3. The summed E-state index contributed by atoms with van der Waals surface area (Å²) in [5, 5.41) is 4.46. The van der Waals surface area contributed by atoms with Crippen molar-refractivity contribution >= 4 is 5.91 Å². The van der Waals surface area contributed by atoms with E-state index in [0.717, 1.165) is 31.6 Å². The molecule has 0 aliphatic carbocycles. The van der Waals surface area contributed by atoms with Crippen molar-refractivity contribution in [2.75, 3.05) is 26.3 Å². The lowest BCUT2D eigenvalue weighted by molar-refractivity contribution is 0.0689. The normalized spacial score (nSPS) is 17.7. The molecule has 1 aliphatic rings. The molecule has 2 heterocycles. The number of likely N-dealkylation sites (tertiary alicyclic amines) is 1. The number of carbonyl (C=O) groups is 1. The largest absolute Gasteiger partial charge is 0.380 e. The van der Waals surface area contributed by atoms with E-state index in [2.05, 4.69) is 29.4 Å². The average Bonchev–Trinajstić information content (AvgIpc) is 3.03. The van der Waals surface area contributed by atoms with Crippen LogP contribution in [0.25, 0.3) is 0 Å². The molecule has 0 radical (unpaired) electrons. The number of aromatic nitrogens is 2. The predicted molar refractivity (Wildman–Crippen MR) is 97.8 cm³/mol. The van der Waals surface area contributed by atoms with E-state index >= 15 is 0 Å². The Balaban J connectivity index is 1.72. The van der Waals surface area contributed by atoms with Crippen molar-refractivity contribution in [3.63, 3.8) is 0 Å². The SMILES string of the molecule is CCOCCn1nc(C)cc1C(=O)N1CCC[C@@H](c2ccccc2)C1. The van der Waals surface area contributed by atoms with Crippen LogP contribution in [-0.2, 0) is 11.3 Å². The molecule has 5 nitrogen and oxygen atoms in total. The van der Waals surface area contributed by atoms with Crippen LogP contribution in [-0.4, -0.2) is 46.9 Å². The Hall–Kier alpha value is -2.14. The van der Waals surface area contributed by atoms with Gasteiger partial charge in [0.2, 0.25) is 0 Å². The number of hydrogen-bond acceptors (Lipinski definition) is 3. The zero-order valence-corrected chi connectivity index (χ0v) is 15.1. The van der Waals surface area contributed by atoms with Crippen molar-refractivity contribution < 1.29 is 9.53 Å². The maximum atomic E-state index is 13.1. The lowest BCUT2D eigenvalue weighted by Crippen LogP contribution is -2.40. The lowest BCUT2D eigenvalue weighted by atomic mass is 9.90. The molecule has 25 heavy (non-hydrogen) atoms. The Morgan fingerprint density at radius 2 is 2.12 bits per heavy atom. The average molecular weight is 341 g/mol. The fraction of sp³-hybridized carbons (Fsp3) is 0.500. The Kier molecular flexibility index (Phi) is 5.87. The monoisotopic (exact) mass is 341 g/mol. The molecular formula is C20H27N3O2. The molecule has 1 aromatic heterocycles. The molecule has 1 atom stereocenters. The molecule has 0 unspecified atom stereocenters. The molecular weight excluding hydrogens is 314 g/mol. The summed E-state index contributed by atoms with van der Waals surface area (Å²) in [4.78, 5) is 15.0. The second-order valence-corrected chi connectivity index (χ2v) is 6.59. The van der Waals surface area contributed by atoms with E-state index in [-0.39, 0.29) is 5.91 Å². The Bertz CT molecular complexity index is 696. The molecule has 0 N–H and O–H groups in total. The van der Waals surface area contributed by atoms with Crippen molar-refractivity contribution in [2.24, 2.45) is 0 Å². The molecule has 1 aliphatic heterocycles. The number of hydrogen-bond donors (Lipinski definition) is 0. The van der Waals surface area contributed by atoms with Crippen LogP contribution in [0.2, 0.25) is 0 Å². The highest BCUT2D eigenvalue weighted by atomic mass is 16.5. The summed E-state index contributed by atoms with van der Waals surface area (Å²) in [6.07, 6.45) is 2.17. The first-order valence-corrected chi connectivity index (χ1v) is 9.15. The van der Waals surface area contributed by atoms with E-state index in [9.17, 15) is 4.79 Å². The van der Waals surface area contributed by atoms with Gasteiger partial charge in [0.25, 0.3) is 5.91 Å². The highest BCUT2D eigenvalue weighted by molar-refractivity contribution is 5.92. The zero-order valence-electron chi connectivity index (χ0n) is 15.1. The van der Waals surface area contributed by atoms with E-state index in [4.69, 9.17) is 4.74 Å². The second kappa shape index (κ2) is 8.30. The summed E-state index contributed by atoms with van der Waals surface area (Å²) in [5.41, 5.74) is 2.86. The summed E-state index contributed by atoms with van der Waals surface area (Å²) >= 11 is 0. The molecule has 1 aromatic carbocycles. The standard InChI is InChI=1S/C20H27N3O2/c1-3-25-13-12-23-19(14-16(2)21-23)20(24)22-11-7-10-18(15-22)17-8-5-4-6-9-17/h4-6,8-9,14,18H,3,7,10-13,15H2,1-2H3/t18-/m1/s1. The first kappa shape index (κ1) is 17.7. The van der Waals surface area contributed by atoms with Gasteiger partial charge in [0, 0.05) is 25.6 Å². The van der Waals surface area contributed by atoms with Crippen molar-refractivity contribution in [3.8, 4) is 0 Å². The van der Waals surface area contributed by atoms with Crippen LogP contribution in [0.4, 0.5) is 0 Å². The smallest absolute Gasteiger partial charge is 0.272 e. The van der Waals surface area contributed by atoms with Crippen LogP contribution < -0.4 is 0 Å². The number of benzene rings is 1. The molecule has 2 aromatic rings. The number of amides is 1. The van der Waals surface area contributed by atoms with Gasteiger partial charge in [-0.25, -0.2) is 0 Å². The molecule has 0 bridgehead atoms. The van der Waals surface area contributed by atoms with Gasteiger partial charge in [0.15, 0.2) is 0 Å². The molecule has 1 fully saturated rings. The van der Waals surface area contributed by atoms with Crippen LogP contribution in [0.5, 0.6) is 0 Å². The third-order valence-electron chi connectivity index (χ3n) is 4.75. The quantitative estimate of drug-likeness (QED) is 0.758. The van der Waals surface area contributed by atoms with Crippen LogP contribution in [0.3, 0.4) is 0 Å². The van der Waals surface area contributed by atoms with Gasteiger partial charge in [-0.15, -0.1) is 0 Å². The Labute approximate surface area is 149 Å². The van der Waals surface area contributed by atoms with Crippen molar-refractivity contribution in [1.82, 2.24) is 14.7 Å². The van der Waals surface area contributed by atoms with Gasteiger partial charge in [-0.05, 0) is 38.3 Å². The zero-order chi connectivity index (χ0) is 17.6. The van der Waals surface area contributed by atoms with Crippen LogP contribution in [0, 0.1) is 6.92 Å². The summed E-state index contributed by atoms with van der Waals surface area (Å²) in [6.45, 7) is 7.35. The molecule has 0 spiro atoms. The van der Waals surface area contributed by atoms with E-state index < -0.39 is 0 Å². The third kappa shape index (κ3) is 4.28. The number of piperidine rings is 1. The topological polar surface area (TPSA) is 47.4 Å². The number of ether oxygens (including phenoxy) is 1. The molecule has 134 valence electrons. The molecule has 5 heteroatoms. The van der Waals surface area contributed by atoms with Crippen molar-refractivity contribution in [1.29, 1.82) is 0 Å². The number of carbonyl (C=O) groups excluding carboxylic acids is 1. The van der Waals surface area contributed by atoms with E-state index in [1.165, 1.54) is 5.56 Å². The summed E-state index contributed by atoms with van der Waals surface area (Å²) < 4.78 is 7.21. The van der Waals surface area contributed by atoms with Crippen LogP contribution >= 0.6 is 0 Å². The van der Waals surface area contributed by atoms with Gasteiger partial charge in [-0.3, -0.25) is 9.48 Å². The highest BCUT2D eigenvalue weighted by Gasteiger charge is 2.27. The highest BCUT2D eigenvalue weighted by Crippen LogP contribution is 2.27. The van der Waals surface area contributed by atoms with Gasteiger partial charge < -0.3 is 9.64 Å². The van der Waals surface area contributed by atoms with E-state index in [1.54, 1.807) is 4.68 Å². The van der Waals surface area contributed by atoms with Crippen LogP contribution in [0.1, 0.15) is 47.4 Å². The Morgan fingerprint density at radius 3 is 2.88 bits per heavy atom. The fourth-order valence-electron chi connectivity index (χ4n) is 3.50. The maximum Gasteiger partial charge on any atom is 0.272 e. The van der Waals surface area contributed by atoms with Crippen LogP contribution in [0.15, 0.2) is 36.4 Å². The first-order chi connectivity index (χ1) is 12.2. The van der Waals surface area contributed by atoms with Crippen molar-refractivity contribution in [2.45, 2.75) is 39.2 Å². The Morgan fingerprint density at radius 1 is 1.32 bits per heavy atom. The minimum absolute atomic E-state index is 0.0812. The minimum atomic E-state index is 0.0812. The number of aryl methyl sites for hydroxylation is 1. The minimum Gasteiger partial charge on any atom is -0.380 e. The summed E-state index contributed by atoms with van der Waals surface area (Å²) in [7, 11) is 0. The van der Waals surface area contributed by atoms with Gasteiger partial charge in [0.1, 0.15) is 5.69 Å². The van der Waals surface area contributed by atoms with E-state index in [0.29, 0.717) is 31.4 Å². The van der Waals surface area contributed by atoms with Gasteiger partial charge in [0.05, 0.1) is 18.8 Å². The lowest BCUT2D eigenvalue weighted by Gasteiger charge is -2.33. The summed E-state index contributed by atoms with van der Waals surface area (Å²) in [6, 6.07) is 12.4. The fourth-order valence-corrected chi connectivity index (χ4v) is 3.50. The van der Waals surface area contributed by atoms with E-state index in [1.807, 2.05) is 30.9 Å². The maximum absolute atomic E-state index is 13.1. The van der Waals surface area contributed by atoms with Crippen molar-refractivity contribution in [3.05, 3.63) is 53.3 Å². The molecule has 3 rings (SSSR count). The summed E-state index contributed by atoms with van der Waals surface area (Å²) in [5.74, 6) is 0.498. The van der Waals surface area contributed by atoms with Gasteiger partial charge in [-0.2, -0.15) is 5.10 Å². The first-order valence-electron chi connectivity index (χ1n) is 9.15.